The number of hydrogen-bond acceptors (Lipinski definition) is 6. The van der Waals surface area contributed by atoms with Crippen LogP contribution >= 0.6 is 0 Å². The standard InChI is InChI=1S/C20H31N5O3/c1-13(26)25-15(9-20(2)16(25)7-5-6-8-17(20)27)12-21-18(28)14-10-22-19(23-11-14)24(3)4/h10-11,15-17,27H,5-9,12H2,1-4H3,(H,21,28)/t15-,16-,17+,20-/m1/s1. The number of fused-ring (bicyclic) bond motifs is 1. The molecule has 8 nitrogen and oxygen atoms in total. The fourth-order valence-corrected chi connectivity index (χ4v) is 4.78. The summed E-state index contributed by atoms with van der Waals surface area (Å²) in [4.78, 5) is 36.9. The highest BCUT2D eigenvalue weighted by atomic mass is 16.3. The molecule has 0 radical (unpaired) electrons. The second-order valence-corrected chi connectivity index (χ2v) is 8.48. The number of aromatic nitrogens is 2. The van der Waals surface area contributed by atoms with Crippen molar-refractivity contribution in [2.75, 3.05) is 25.5 Å². The Morgan fingerprint density at radius 1 is 1.29 bits per heavy atom. The largest absolute Gasteiger partial charge is 0.392 e. The van der Waals surface area contributed by atoms with Crippen molar-refractivity contribution in [3.05, 3.63) is 18.0 Å². The van der Waals surface area contributed by atoms with Gasteiger partial charge >= 0.3 is 0 Å². The molecule has 4 atom stereocenters. The number of hydrogen-bond donors (Lipinski definition) is 2. The lowest BCUT2D eigenvalue weighted by Gasteiger charge is -2.37. The van der Waals surface area contributed by atoms with E-state index < -0.39 is 6.10 Å². The van der Waals surface area contributed by atoms with E-state index >= 15 is 0 Å². The Morgan fingerprint density at radius 2 is 1.93 bits per heavy atom. The SMILES string of the molecule is CC(=O)N1[C@@H](CNC(=O)c2cnc(N(C)C)nc2)C[C@@]2(C)[C@@H](O)CCCC[C@@H]12. The van der Waals surface area contributed by atoms with Crippen molar-refractivity contribution in [1.82, 2.24) is 20.2 Å². The molecule has 0 unspecified atom stereocenters. The van der Waals surface area contributed by atoms with Crippen molar-refractivity contribution < 1.29 is 14.7 Å². The Hall–Kier alpha value is -2.22. The summed E-state index contributed by atoms with van der Waals surface area (Å²) in [5.41, 5.74) is 0.0621. The third-order valence-electron chi connectivity index (χ3n) is 6.29. The second kappa shape index (κ2) is 8.03. The van der Waals surface area contributed by atoms with E-state index in [2.05, 4.69) is 22.2 Å². The van der Waals surface area contributed by atoms with Gasteiger partial charge < -0.3 is 20.2 Å². The molecule has 2 N–H and O–H groups in total. The fraction of sp³-hybridized carbons (Fsp3) is 0.700. The average Bonchev–Trinajstić information content (AvgIpc) is 2.88. The van der Waals surface area contributed by atoms with E-state index in [1.165, 1.54) is 12.4 Å². The van der Waals surface area contributed by atoms with Gasteiger partial charge in [-0.05, 0) is 19.3 Å². The maximum Gasteiger partial charge on any atom is 0.254 e. The van der Waals surface area contributed by atoms with Gasteiger partial charge in [-0.1, -0.05) is 19.8 Å². The molecular formula is C20H31N5O3. The molecule has 0 spiro atoms. The van der Waals surface area contributed by atoms with Gasteiger partial charge in [0, 0.05) is 51.4 Å². The molecule has 1 aromatic heterocycles. The molecule has 8 heteroatoms. The third kappa shape index (κ3) is 3.83. The lowest BCUT2D eigenvalue weighted by molar-refractivity contribution is -0.133. The molecule has 3 rings (SSSR count). The van der Waals surface area contributed by atoms with Gasteiger partial charge in [0.25, 0.3) is 5.91 Å². The molecular weight excluding hydrogens is 358 g/mol. The van der Waals surface area contributed by atoms with E-state index in [-0.39, 0.29) is 29.3 Å². The number of likely N-dealkylation sites (tertiary alicyclic amines) is 1. The van der Waals surface area contributed by atoms with Gasteiger partial charge in [0.1, 0.15) is 0 Å². The summed E-state index contributed by atoms with van der Waals surface area (Å²) in [6.45, 7) is 4.01. The Kier molecular flexibility index (Phi) is 5.88. The number of carbonyl (C=O) groups is 2. The molecule has 2 aliphatic rings. The molecule has 1 saturated carbocycles. The van der Waals surface area contributed by atoms with Crippen molar-refractivity contribution in [2.45, 2.75) is 64.1 Å². The molecule has 0 bridgehead atoms. The third-order valence-corrected chi connectivity index (χ3v) is 6.29. The highest BCUT2D eigenvalue weighted by Crippen LogP contribution is 2.48. The minimum absolute atomic E-state index is 0.000688. The zero-order chi connectivity index (χ0) is 20.5. The van der Waals surface area contributed by atoms with Crippen LogP contribution in [0.1, 0.15) is 56.3 Å². The number of nitrogens with zero attached hydrogens (tertiary/aromatic N) is 4. The predicted octanol–water partition coefficient (Wildman–Crippen LogP) is 1.20. The van der Waals surface area contributed by atoms with Crippen molar-refractivity contribution in [3.8, 4) is 0 Å². The summed E-state index contributed by atoms with van der Waals surface area (Å²) in [7, 11) is 3.67. The molecule has 1 aliphatic heterocycles. The van der Waals surface area contributed by atoms with Crippen molar-refractivity contribution in [2.24, 2.45) is 5.41 Å². The Bertz CT molecular complexity index is 723. The fourth-order valence-electron chi connectivity index (χ4n) is 4.78. The number of carbonyl (C=O) groups excluding carboxylic acids is 2. The predicted molar refractivity (Wildman–Crippen MR) is 106 cm³/mol. The van der Waals surface area contributed by atoms with Crippen LogP contribution in [0, 0.1) is 5.41 Å². The van der Waals surface area contributed by atoms with Gasteiger partial charge in [-0.15, -0.1) is 0 Å². The first-order chi connectivity index (χ1) is 13.2. The summed E-state index contributed by atoms with van der Waals surface area (Å²) in [5.74, 6) is 0.282. The van der Waals surface area contributed by atoms with E-state index in [0.717, 1.165) is 25.7 Å². The van der Waals surface area contributed by atoms with E-state index in [4.69, 9.17) is 0 Å². The second-order valence-electron chi connectivity index (χ2n) is 8.48. The molecule has 1 saturated heterocycles. The average molecular weight is 390 g/mol. The van der Waals surface area contributed by atoms with Crippen LogP contribution in [-0.4, -0.2) is 70.6 Å². The van der Waals surface area contributed by atoms with Crippen LogP contribution < -0.4 is 10.2 Å². The number of anilines is 1. The van der Waals surface area contributed by atoms with E-state index in [9.17, 15) is 14.7 Å². The maximum absolute atomic E-state index is 12.5. The van der Waals surface area contributed by atoms with E-state index in [1.807, 2.05) is 19.0 Å². The summed E-state index contributed by atoms with van der Waals surface area (Å²) in [6.07, 6.45) is 6.95. The number of nitrogens with one attached hydrogen (secondary N) is 1. The van der Waals surface area contributed by atoms with Gasteiger partial charge in [0.2, 0.25) is 11.9 Å². The highest BCUT2D eigenvalue weighted by molar-refractivity contribution is 5.93. The topological polar surface area (TPSA) is 98.7 Å². The minimum Gasteiger partial charge on any atom is -0.392 e. The maximum atomic E-state index is 12.5. The molecule has 2 heterocycles. The lowest BCUT2D eigenvalue weighted by atomic mass is 9.75. The Balaban J connectivity index is 1.70. The molecule has 1 aromatic rings. The van der Waals surface area contributed by atoms with Gasteiger partial charge in [-0.2, -0.15) is 0 Å². The van der Waals surface area contributed by atoms with Crippen LogP contribution in [0.15, 0.2) is 12.4 Å². The van der Waals surface area contributed by atoms with Gasteiger partial charge in [-0.3, -0.25) is 9.59 Å². The molecule has 2 amide bonds. The molecule has 1 aliphatic carbocycles. The lowest BCUT2D eigenvalue weighted by Crippen LogP contribution is -2.48. The van der Waals surface area contributed by atoms with Crippen LogP contribution in [-0.2, 0) is 4.79 Å². The summed E-state index contributed by atoms with van der Waals surface area (Å²) in [5, 5.41) is 13.6. The van der Waals surface area contributed by atoms with Crippen LogP contribution in [0.5, 0.6) is 0 Å². The number of aliphatic hydroxyl groups excluding tert-OH is 1. The van der Waals surface area contributed by atoms with Crippen LogP contribution in [0.2, 0.25) is 0 Å². The zero-order valence-electron chi connectivity index (χ0n) is 17.2. The first-order valence-corrected chi connectivity index (χ1v) is 9.98. The van der Waals surface area contributed by atoms with E-state index in [0.29, 0.717) is 24.5 Å². The molecule has 2 fully saturated rings. The highest BCUT2D eigenvalue weighted by Gasteiger charge is 2.54. The van der Waals surface area contributed by atoms with Crippen molar-refractivity contribution in [3.63, 3.8) is 0 Å². The first-order valence-electron chi connectivity index (χ1n) is 9.98. The summed E-state index contributed by atoms with van der Waals surface area (Å²) < 4.78 is 0. The van der Waals surface area contributed by atoms with Crippen LogP contribution in [0.25, 0.3) is 0 Å². The minimum atomic E-state index is -0.422. The zero-order valence-corrected chi connectivity index (χ0v) is 17.2. The van der Waals surface area contributed by atoms with Gasteiger partial charge in [-0.25, -0.2) is 9.97 Å². The number of aliphatic hydroxyl groups is 1. The van der Waals surface area contributed by atoms with Crippen LogP contribution in [0.4, 0.5) is 5.95 Å². The monoisotopic (exact) mass is 389 g/mol. The summed E-state index contributed by atoms with van der Waals surface area (Å²) >= 11 is 0. The normalized spacial score (nSPS) is 29.8. The first kappa shape index (κ1) is 20.5. The van der Waals surface area contributed by atoms with Crippen LogP contribution in [0.3, 0.4) is 0 Å². The molecule has 154 valence electrons. The van der Waals surface area contributed by atoms with Crippen molar-refractivity contribution >= 4 is 17.8 Å². The Labute approximate surface area is 166 Å². The molecule has 28 heavy (non-hydrogen) atoms. The van der Waals surface area contributed by atoms with Gasteiger partial charge in [0.05, 0.1) is 17.7 Å². The van der Waals surface area contributed by atoms with Gasteiger partial charge in [0.15, 0.2) is 0 Å². The smallest absolute Gasteiger partial charge is 0.254 e. The Morgan fingerprint density at radius 3 is 2.54 bits per heavy atom. The van der Waals surface area contributed by atoms with Crippen molar-refractivity contribution in [1.29, 1.82) is 0 Å². The number of amides is 2. The quantitative estimate of drug-likeness (QED) is 0.803. The number of rotatable bonds is 4. The molecule has 0 aromatic carbocycles. The summed E-state index contributed by atoms with van der Waals surface area (Å²) in [6, 6.07) is -0.0988. The van der Waals surface area contributed by atoms with E-state index in [1.54, 1.807) is 11.8 Å².